The standard InChI is InChI=1S/C8H14O6/c1-8(2,5-6(10)14-12)7(11)13-4-3-9/h9,12H,3-5H2,1-2H3. The highest BCUT2D eigenvalue weighted by atomic mass is 17.1. The first-order chi connectivity index (χ1) is 6.44. The van der Waals surface area contributed by atoms with Crippen LogP contribution >= 0.6 is 0 Å². The van der Waals surface area contributed by atoms with Crippen molar-refractivity contribution in [3.05, 3.63) is 0 Å². The van der Waals surface area contributed by atoms with Crippen molar-refractivity contribution >= 4 is 11.9 Å². The van der Waals surface area contributed by atoms with E-state index < -0.39 is 17.4 Å². The van der Waals surface area contributed by atoms with Gasteiger partial charge in [0.05, 0.1) is 18.4 Å². The first-order valence-electron chi connectivity index (χ1n) is 4.06. The fraction of sp³-hybridized carbons (Fsp3) is 0.750. The van der Waals surface area contributed by atoms with Crippen LogP contribution in [-0.4, -0.2) is 35.5 Å². The van der Waals surface area contributed by atoms with E-state index in [0.29, 0.717) is 0 Å². The van der Waals surface area contributed by atoms with Gasteiger partial charge >= 0.3 is 11.9 Å². The van der Waals surface area contributed by atoms with Crippen LogP contribution in [0.4, 0.5) is 0 Å². The lowest BCUT2D eigenvalue weighted by molar-refractivity contribution is -0.236. The minimum Gasteiger partial charge on any atom is -0.463 e. The van der Waals surface area contributed by atoms with Crippen LogP contribution in [0.1, 0.15) is 20.3 Å². The predicted octanol–water partition coefficient (Wildman–Crippen LogP) is -0.0456. The van der Waals surface area contributed by atoms with Gasteiger partial charge in [-0.15, -0.1) is 0 Å². The molecule has 0 fully saturated rings. The van der Waals surface area contributed by atoms with Gasteiger partial charge in [-0.2, -0.15) is 5.26 Å². The fourth-order valence-electron chi connectivity index (χ4n) is 0.799. The highest BCUT2D eigenvalue weighted by molar-refractivity contribution is 5.82. The molecule has 0 aromatic heterocycles. The van der Waals surface area contributed by atoms with E-state index in [2.05, 4.69) is 9.62 Å². The minimum atomic E-state index is -1.07. The largest absolute Gasteiger partial charge is 0.463 e. The molecule has 14 heavy (non-hydrogen) atoms. The molecule has 0 spiro atoms. The quantitative estimate of drug-likeness (QED) is 0.372. The molecule has 0 unspecified atom stereocenters. The fourth-order valence-corrected chi connectivity index (χ4v) is 0.799. The van der Waals surface area contributed by atoms with Crippen LogP contribution in [0.2, 0.25) is 0 Å². The lowest BCUT2D eigenvalue weighted by atomic mass is 9.90. The van der Waals surface area contributed by atoms with Gasteiger partial charge in [0.15, 0.2) is 0 Å². The Morgan fingerprint density at radius 1 is 1.36 bits per heavy atom. The highest BCUT2D eigenvalue weighted by Crippen LogP contribution is 2.22. The van der Waals surface area contributed by atoms with E-state index >= 15 is 0 Å². The number of hydrogen-bond donors (Lipinski definition) is 2. The van der Waals surface area contributed by atoms with Crippen molar-refractivity contribution in [2.24, 2.45) is 5.41 Å². The summed E-state index contributed by atoms with van der Waals surface area (Å²) in [5.41, 5.74) is -1.07. The van der Waals surface area contributed by atoms with Crippen LogP contribution < -0.4 is 0 Å². The first-order valence-corrected chi connectivity index (χ1v) is 4.06. The Morgan fingerprint density at radius 3 is 2.36 bits per heavy atom. The molecule has 0 saturated carbocycles. The zero-order valence-corrected chi connectivity index (χ0v) is 8.15. The van der Waals surface area contributed by atoms with Crippen LogP contribution in [0.5, 0.6) is 0 Å². The molecule has 6 heteroatoms. The van der Waals surface area contributed by atoms with Crippen LogP contribution in [0, 0.1) is 5.41 Å². The van der Waals surface area contributed by atoms with E-state index in [1.165, 1.54) is 13.8 Å². The van der Waals surface area contributed by atoms with Gasteiger partial charge in [-0.05, 0) is 13.8 Å². The van der Waals surface area contributed by atoms with Gasteiger partial charge in [0.25, 0.3) is 0 Å². The third-order valence-electron chi connectivity index (χ3n) is 1.57. The summed E-state index contributed by atoms with van der Waals surface area (Å²) >= 11 is 0. The Labute approximate surface area is 81.4 Å². The maximum atomic E-state index is 11.3. The molecule has 0 saturated heterocycles. The second kappa shape index (κ2) is 5.56. The summed E-state index contributed by atoms with van der Waals surface area (Å²) in [6, 6.07) is 0. The average molecular weight is 206 g/mol. The first kappa shape index (κ1) is 12.9. The summed E-state index contributed by atoms with van der Waals surface area (Å²) in [7, 11) is 0. The summed E-state index contributed by atoms with van der Waals surface area (Å²) in [6.07, 6.45) is -0.284. The summed E-state index contributed by atoms with van der Waals surface area (Å²) in [4.78, 5) is 25.4. The molecule has 0 aromatic carbocycles. The number of ether oxygens (including phenoxy) is 1. The molecule has 0 radical (unpaired) electrons. The van der Waals surface area contributed by atoms with Gasteiger partial charge in [0.2, 0.25) is 0 Å². The molecule has 2 N–H and O–H groups in total. The number of rotatable bonds is 5. The Bertz CT molecular complexity index is 210. The van der Waals surface area contributed by atoms with Gasteiger partial charge in [-0.3, -0.25) is 4.79 Å². The molecular weight excluding hydrogens is 192 g/mol. The number of hydrogen-bond acceptors (Lipinski definition) is 6. The molecular formula is C8H14O6. The molecule has 0 aromatic rings. The summed E-state index contributed by atoms with van der Waals surface area (Å²) < 4.78 is 4.62. The van der Waals surface area contributed by atoms with E-state index in [9.17, 15) is 9.59 Å². The van der Waals surface area contributed by atoms with E-state index in [0.717, 1.165) is 0 Å². The summed E-state index contributed by atoms with van der Waals surface area (Å²) in [6.45, 7) is 2.57. The SMILES string of the molecule is CC(C)(CC(=O)OO)C(=O)OCCO. The minimum absolute atomic E-state index is 0.115. The van der Waals surface area contributed by atoms with E-state index in [1.807, 2.05) is 0 Å². The number of carbonyl (C=O) groups is 2. The molecule has 0 atom stereocenters. The second-order valence-corrected chi connectivity index (χ2v) is 3.38. The molecule has 82 valence electrons. The van der Waals surface area contributed by atoms with Crippen molar-refractivity contribution in [1.29, 1.82) is 0 Å². The van der Waals surface area contributed by atoms with Crippen molar-refractivity contribution in [2.45, 2.75) is 20.3 Å². The third-order valence-corrected chi connectivity index (χ3v) is 1.57. The predicted molar refractivity (Wildman–Crippen MR) is 45.2 cm³/mol. The number of aliphatic hydroxyl groups is 1. The van der Waals surface area contributed by atoms with Crippen molar-refractivity contribution in [3.63, 3.8) is 0 Å². The summed E-state index contributed by atoms with van der Waals surface area (Å²) in [5.74, 6) is -1.53. The molecule has 0 rings (SSSR count). The van der Waals surface area contributed by atoms with Crippen LogP contribution in [0.15, 0.2) is 0 Å². The van der Waals surface area contributed by atoms with E-state index in [-0.39, 0.29) is 19.6 Å². The average Bonchev–Trinajstić information content (AvgIpc) is 2.13. The monoisotopic (exact) mass is 206 g/mol. The van der Waals surface area contributed by atoms with Gasteiger partial charge in [0.1, 0.15) is 6.61 Å². The number of esters is 1. The van der Waals surface area contributed by atoms with Crippen molar-refractivity contribution in [1.82, 2.24) is 0 Å². The van der Waals surface area contributed by atoms with Crippen molar-refractivity contribution < 1.29 is 29.6 Å². The Kier molecular flexibility index (Phi) is 5.11. The zero-order chi connectivity index (χ0) is 11.2. The highest BCUT2D eigenvalue weighted by Gasteiger charge is 2.33. The number of aliphatic hydroxyl groups excluding tert-OH is 1. The Hall–Kier alpha value is -1.14. The molecule has 0 aliphatic heterocycles. The molecule has 6 nitrogen and oxygen atoms in total. The normalized spacial score (nSPS) is 10.9. The number of carbonyl (C=O) groups excluding carboxylic acids is 2. The van der Waals surface area contributed by atoms with Gasteiger partial charge in [-0.1, -0.05) is 0 Å². The maximum Gasteiger partial charge on any atom is 0.343 e. The van der Waals surface area contributed by atoms with Crippen LogP contribution in [0.25, 0.3) is 0 Å². The van der Waals surface area contributed by atoms with Gasteiger partial charge in [0, 0.05) is 0 Å². The lowest BCUT2D eigenvalue weighted by Gasteiger charge is -2.20. The van der Waals surface area contributed by atoms with E-state index in [1.54, 1.807) is 0 Å². The molecule has 0 aliphatic carbocycles. The van der Waals surface area contributed by atoms with Crippen LogP contribution in [-0.2, 0) is 19.2 Å². The Balaban J connectivity index is 4.15. The lowest BCUT2D eigenvalue weighted by Crippen LogP contribution is -2.30. The van der Waals surface area contributed by atoms with E-state index in [4.69, 9.17) is 10.4 Å². The topological polar surface area (TPSA) is 93.1 Å². The van der Waals surface area contributed by atoms with Gasteiger partial charge in [-0.25, -0.2) is 4.79 Å². The van der Waals surface area contributed by atoms with Gasteiger partial charge < -0.3 is 14.7 Å². The van der Waals surface area contributed by atoms with Crippen molar-refractivity contribution in [3.8, 4) is 0 Å². The maximum absolute atomic E-state index is 11.3. The smallest absolute Gasteiger partial charge is 0.343 e. The molecule has 0 amide bonds. The zero-order valence-electron chi connectivity index (χ0n) is 8.15. The molecule has 0 heterocycles. The Morgan fingerprint density at radius 2 is 1.93 bits per heavy atom. The van der Waals surface area contributed by atoms with Crippen molar-refractivity contribution in [2.75, 3.05) is 13.2 Å². The van der Waals surface area contributed by atoms with Crippen LogP contribution in [0.3, 0.4) is 0 Å². The summed E-state index contributed by atoms with van der Waals surface area (Å²) in [5, 5.41) is 16.4. The second-order valence-electron chi connectivity index (χ2n) is 3.38. The molecule has 0 aliphatic rings. The molecule has 0 bridgehead atoms. The third kappa shape index (κ3) is 4.20.